The summed E-state index contributed by atoms with van der Waals surface area (Å²) in [5, 5.41) is 14.6. The summed E-state index contributed by atoms with van der Waals surface area (Å²) >= 11 is 0. The van der Waals surface area contributed by atoms with Crippen molar-refractivity contribution >= 4 is 17.3 Å². The highest BCUT2D eigenvalue weighted by Crippen LogP contribution is 2.28. The van der Waals surface area contributed by atoms with Gasteiger partial charge in [0, 0.05) is 24.2 Å². The third-order valence-electron chi connectivity index (χ3n) is 5.18. The second kappa shape index (κ2) is 8.80. The second-order valence-corrected chi connectivity index (χ2v) is 6.62. The largest absolute Gasteiger partial charge is 0.378 e. The van der Waals surface area contributed by atoms with Crippen LogP contribution in [0, 0.1) is 16.0 Å². The lowest BCUT2D eigenvalue weighted by Crippen LogP contribution is -2.43. The third kappa shape index (κ3) is 4.69. The second-order valence-electron chi connectivity index (χ2n) is 6.62. The molecule has 0 aromatic heterocycles. The molecular formula is C18H28N4O3. The minimum absolute atomic E-state index is 0.110. The van der Waals surface area contributed by atoms with Gasteiger partial charge in [-0.1, -0.05) is 26.7 Å². The third-order valence-corrected chi connectivity index (χ3v) is 5.18. The molecule has 0 saturated carbocycles. The number of carbonyl (C=O) groups is 1. The first-order valence-electron chi connectivity index (χ1n) is 9.04. The number of nitrogens with two attached hydrogens (primary N) is 1. The molecule has 1 unspecified atom stereocenters. The van der Waals surface area contributed by atoms with E-state index in [4.69, 9.17) is 5.73 Å². The summed E-state index contributed by atoms with van der Waals surface area (Å²) in [5.74, 6) is -0.115. The topological polar surface area (TPSA) is 101 Å². The van der Waals surface area contributed by atoms with Gasteiger partial charge in [0.1, 0.15) is 5.69 Å². The molecular weight excluding hydrogens is 320 g/mol. The quantitative estimate of drug-likeness (QED) is 0.527. The number of nitrogens with one attached hydrogen (secondary N) is 1. The molecule has 0 aliphatic carbocycles. The van der Waals surface area contributed by atoms with Crippen molar-refractivity contribution in [2.24, 2.45) is 11.7 Å². The Hall–Kier alpha value is -2.15. The van der Waals surface area contributed by atoms with E-state index in [0.717, 1.165) is 25.9 Å². The Morgan fingerprint density at radius 2 is 1.96 bits per heavy atom. The van der Waals surface area contributed by atoms with Crippen molar-refractivity contribution in [2.45, 2.75) is 45.6 Å². The molecule has 1 heterocycles. The highest BCUT2D eigenvalue weighted by Gasteiger charge is 2.28. The number of nitro benzene ring substituents is 1. The molecule has 0 bridgehead atoms. The zero-order valence-electron chi connectivity index (χ0n) is 15.0. The molecule has 3 N–H and O–H groups in total. The Morgan fingerprint density at radius 1 is 1.32 bits per heavy atom. The van der Waals surface area contributed by atoms with E-state index in [1.54, 1.807) is 6.07 Å². The van der Waals surface area contributed by atoms with Gasteiger partial charge in [0.2, 0.25) is 5.91 Å². The van der Waals surface area contributed by atoms with Crippen molar-refractivity contribution in [3.05, 3.63) is 33.9 Å². The van der Waals surface area contributed by atoms with Crippen LogP contribution in [0.2, 0.25) is 0 Å². The SMILES string of the molecule is CCC(CC)C(CNc1ccc(C(N)=O)cc1[N+](=O)[O-])N1CCCC1. The number of hydrogen-bond donors (Lipinski definition) is 2. The van der Waals surface area contributed by atoms with E-state index in [2.05, 4.69) is 24.1 Å². The zero-order chi connectivity index (χ0) is 18.4. The maximum atomic E-state index is 11.3. The predicted molar refractivity (Wildman–Crippen MR) is 98.8 cm³/mol. The van der Waals surface area contributed by atoms with Crippen LogP contribution in [0.15, 0.2) is 18.2 Å². The lowest BCUT2D eigenvalue weighted by molar-refractivity contribution is -0.384. The smallest absolute Gasteiger partial charge is 0.293 e. The lowest BCUT2D eigenvalue weighted by atomic mass is 9.92. The van der Waals surface area contributed by atoms with E-state index in [-0.39, 0.29) is 11.3 Å². The standard InChI is InChI=1S/C18H28N4O3/c1-3-13(4-2)17(21-9-5-6-10-21)12-20-15-8-7-14(18(19)23)11-16(15)22(24)25/h7-8,11,13,17,20H,3-6,9-10,12H2,1-2H3,(H2,19,23). The molecule has 7 nitrogen and oxygen atoms in total. The molecule has 2 rings (SSSR count). The highest BCUT2D eigenvalue weighted by atomic mass is 16.6. The number of carbonyl (C=O) groups excluding carboxylic acids is 1. The average molecular weight is 348 g/mol. The number of hydrogen-bond acceptors (Lipinski definition) is 5. The number of primary amides is 1. The number of likely N-dealkylation sites (tertiary alicyclic amines) is 1. The van der Waals surface area contributed by atoms with Gasteiger partial charge in [-0.25, -0.2) is 0 Å². The van der Waals surface area contributed by atoms with Gasteiger partial charge >= 0.3 is 0 Å². The normalized spacial score (nSPS) is 16.1. The molecule has 1 atom stereocenters. The molecule has 1 aliphatic heterocycles. The van der Waals surface area contributed by atoms with Gasteiger partial charge in [0.25, 0.3) is 5.69 Å². The van der Waals surface area contributed by atoms with Crippen LogP contribution in [0.4, 0.5) is 11.4 Å². The first-order valence-corrected chi connectivity index (χ1v) is 9.04. The molecule has 1 saturated heterocycles. The average Bonchev–Trinajstić information content (AvgIpc) is 3.12. The van der Waals surface area contributed by atoms with Crippen molar-refractivity contribution in [1.29, 1.82) is 0 Å². The van der Waals surface area contributed by atoms with Crippen LogP contribution < -0.4 is 11.1 Å². The Bertz CT molecular complexity index is 608. The van der Waals surface area contributed by atoms with Crippen molar-refractivity contribution in [3.63, 3.8) is 0 Å². The van der Waals surface area contributed by atoms with Gasteiger partial charge in [-0.3, -0.25) is 19.8 Å². The van der Waals surface area contributed by atoms with Gasteiger partial charge in [-0.2, -0.15) is 0 Å². The van der Waals surface area contributed by atoms with Crippen LogP contribution in [-0.2, 0) is 0 Å². The molecule has 1 aromatic rings. The minimum atomic E-state index is -0.665. The number of nitrogens with zero attached hydrogens (tertiary/aromatic N) is 2. The Morgan fingerprint density at radius 3 is 2.48 bits per heavy atom. The van der Waals surface area contributed by atoms with Gasteiger partial charge in [-0.15, -0.1) is 0 Å². The van der Waals surface area contributed by atoms with Crippen molar-refractivity contribution in [1.82, 2.24) is 4.90 Å². The fourth-order valence-electron chi connectivity index (χ4n) is 3.70. The minimum Gasteiger partial charge on any atom is -0.378 e. The molecule has 1 fully saturated rings. The molecule has 0 radical (unpaired) electrons. The molecule has 1 aliphatic rings. The van der Waals surface area contributed by atoms with Crippen molar-refractivity contribution in [3.8, 4) is 0 Å². The van der Waals surface area contributed by atoms with E-state index in [9.17, 15) is 14.9 Å². The molecule has 1 amide bonds. The summed E-state index contributed by atoms with van der Waals surface area (Å²) in [4.78, 5) is 24.6. The molecule has 0 spiro atoms. The lowest BCUT2D eigenvalue weighted by Gasteiger charge is -2.34. The Kier molecular flexibility index (Phi) is 6.75. The molecule has 138 valence electrons. The van der Waals surface area contributed by atoms with Gasteiger partial charge < -0.3 is 11.1 Å². The number of anilines is 1. The van der Waals surface area contributed by atoms with Crippen LogP contribution in [0.3, 0.4) is 0 Å². The maximum absolute atomic E-state index is 11.3. The summed E-state index contributed by atoms with van der Waals surface area (Å²) in [6, 6.07) is 4.70. The van der Waals surface area contributed by atoms with Gasteiger partial charge in [-0.05, 0) is 44.0 Å². The monoisotopic (exact) mass is 348 g/mol. The van der Waals surface area contributed by atoms with Crippen molar-refractivity contribution < 1.29 is 9.72 Å². The summed E-state index contributed by atoms with van der Waals surface area (Å²) in [6.07, 6.45) is 4.60. The molecule has 7 heteroatoms. The maximum Gasteiger partial charge on any atom is 0.293 e. The Balaban J connectivity index is 2.18. The highest BCUT2D eigenvalue weighted by molar-refractivity contribution is 5.94. The van der Waals surface area contributed by atoms with E-state index in [1.807, 2.05) is 0 Å². The number of nitro groups is 1. The number of benzene rings is 1. The summed E-state index contributed by atoms with van der Waals surface area (Å²) in [6.45, 7) is 7.23. The van der Waals surface area contributed by atoms with Crippen LogP contribution in [0.25, 0.3) is 0 Å². The van der Waals surface area contributed by atoms with Crippen LogP contribution in [-0.4, -0.2) is 41.4 Å². The van der Waals surface area contributed by atoms with E-state index in [0.29, 0.717) is 24.2 Å². The summed E-state index contributed by atoms with van der Waals surface area (Å²) < 4.78 is 0. The number of amides is 1. The van der Waals surface area contributed by atoms with Gasteiger partial charge in [0.15, 0.2) is 0 Å². The predicted octanol–water partition coefficient (Wildman–Crippen LogP) is 3.01. The summed E-state index contributed by atoms with van der Waals surface area (Å²) in [7, 11) is 0. The summed E-state index contributed by atoms with van der Waals surface area (Å²) in [5.41, 5.74) is 5.70. The number of rotatable bonds is 9. The van der Waals surface area contributed by atoms with E-state index >= 15 is 0 Å². The van der Waals surface area contributed by atoms with Crippen molar-refractivity contribution in [2.75, 3.05) is 25.0 Å². The zero-order valence-corrected chi connectivity index (χ0v) is 15.0. The van der Waals surface area contributed by atoms with Crippen LogP contribution in [0.5, 0.6) is 0 Å². The van der Waals surface area contributed by atoms with Gasteiger partial charge in [0.05, 0.1) is 4.92 Å². The van der Waals surface area contributed by atoms with E-state index in [1.165, 1.54) is 25.0 Å². The fraction of sp³-hybridized carbons (Fsp3) is 0.611. The van der Waals surface area contributed by atoms with E-state index < -0.39 is 10.8 Å². The first kappa shape index (κ1) is 19.2. The Labute approximate surface area is 148 Å². The molecule has 25 heavy (non-hydrogen) atoms. The fourth-order valence-corrected chi connectivity index (χ4v) is 3.70. The molecule has 1 aromatic carbocycles. The van der Waals surface area contributed by atoms with Crippen LogP contribution in [0.1, 0.15) is 49.9 Å². The van der Waals surface area contributed by atoms with Crippen LogP contribution >= 0.6 is 0 Å². The first-order chi connectivity index (χ1) is 12.0.